The Bertz CT molecular complexity index is 1080. The van der Waals surface area contributed by atoms with Crippen LogP contribution in [0.2, 0.25) is 0 Å². The number of hydrogen-bond donors (Lipinski definition) is 0. The van der Waals surface area contributed by atoms with E-state index in [1.807, 2.05) is 6.07 Å². The maximum Gasteiger partial charge on any atom is 0.194 e. The molecule has 2 nitrogen and oxygen atoms in total. The Balaban J connectivity index is 1.56. The van der Waals surface area contributed by atoms with Crippen LogP contribution in [0.5, 0.6) is 5.75 Å². The summed E-state index contributed by atoms with van der Waals surface area (Å²) in [6.45, 7) is 2.17. The second-order valence-electron chi connectivity index (χ2n) is 8.46. The van der Waals surface area contributed by atoms with Crippen molar-refractivity contribution in [3.63, 3.8) is 0 Å². The van der Waals surface area contributed by atoms with E-state index in [0.717, 1.165) is 36.2 Å². The zero-order valence-corrected chi connectivity index (χ0v) is 17.2. The number of aryl methyl sites for hydroxylation is 2. The molecule has 28 heavy (non-hydrogen) atoms. The summed E-state index contributed by atoms with van der Waals surface area (Å²) in [4.78, 5) is 0. The predicted molar refractivity (Wildman–Crippen MR) is 116 cm³/mol. The van der Waals surface area contributed by atoms with Gasteiger partial charge in [-0.15, -0.1) is 0 Å². The molecule has 3 heteroatoms. The standard InChI is InChI=1S/C25H26O2S/c1-17-20-15-19-10-13-25(11-6-3-7-12-25)27-22(19)16-23(20)26-24(28)21(17)14-18-8-4-2-5-9-18/h2,4-5,8-9,15-16H,3,6-7,10-14H2,1H3. The first-order valence-electron chi connectivity index (χ1n) is 10.5. The Morgan fingerprint density at radius 3 is 2.57 bits per heavy atom. The van der Waals surface area contributed by atoms with E-state index in [1.54, 1.807) is 0 Å². The van der Waals surface area contributed by atoms with Gasteiger partial charge >= 0.3 is 0 Å². The summed E-state index contributed by atoms with van der Waals surface area (Å²) in [5.74, 6) is 1.01. The molecule has 1 spiro atoms. The quantitative estimate of drug-likeness (QED) is 0.436. The second-order valence-corrected chi connectivity index (χ2v) is 8.83. The molecule has 0 N–H and O–H groups in total. The van der Waals surface area contributed by atoms with Crippen molar-refractivity contribution in [2.24, 2.45) is 0 Å². The van der Waals surface area contributed by atoms with Gasteiger partial charge in [0.25, 0.3) is 0 Å². The average molecular weight is 391 g/mol. The smallest absolute Gasteiger partial charge is 0.194 e. The van der Waals surface area contributed by atoms with Crippen LogP contribution >= 0.6 is 12.2 Å². The normalized spacial score (nSPS) is 18.0. The number of benzene rings is 2. The van der Waals surface area contributed by atoms with Crippen molar-refractivity contribution in [3.05, 3.63) is 69.4 Å². The molecule has 1 aliphatic carbocycles. The summed E-state index contributed by atoms with van der Waals surface area (Å²) in [6, 6.07) is 14.8. The first kappa shape index (κ1) is 17.9. The SMILES string of the molecule is Cc1c(Cc2ccccc2)c(=S)oc2cc3c(cc12)CCC1(CCCCC1)O3. The molecule has 2 aliphatic rings. The fraction of sp³-hybridized carbons (Fsp3) is 0.400. The van der Waals surface area contributed by atoms with E-state index in [0.29, 0.717) is 4.71 Å². The lowest BCUT2D eigenvalue weighted by atomic mass is 9.79. The Morgan fingerprint density at radius 1 is 1.00 bits per heavy atom. The van der Waals surface area contributed by atoms with Gasteiger partial charge in [-0.25, -0.2) is 0 Å². The summed E-state index contributed by atoms with van der Waals surface area (Å²) < 4.78 is 13.3. The monoisotopic (exact) mass is 390 g/mol. The van der Waals surface area contributed by atoms with Crippen LogP contribution < -0.4 is 4.74 Å². The molecule has 0 unspecified atom stereocenters. The third-order valence-corrected chi connectivity index (χ3v) is 6.96. The molecule has 0 amide bonds. The maximum atomic E-state index is 6.58. The highest BCUT2D eigenvalue weighted by Crippen LogP contribution is 2.43. The zero-order chi connectivity index (χ0) is 19.1. The van der Waals surface area contributed by atoms with Crippen LogP contribution in [0.25, 0.3) is 11.0 Å². The Hall–Kier alpha value is -2.13. The van der Waals surface area contributed by atoms with Crippen LogP contribution in [0.1, 0.15) is 60.8 Å². The predicted octanol–water partition coefficient (Wildman–Crippen LogP) is 7.09. The minimum Gasteiger partial charge on any atom is -0.487 e. The van der Waals surface area contributed by atoms with Crippen LogP contribution in [0.15, 0.2) is 46.9 Å². The fourth-order valence-electron chi connectivity index (χ4n) is 4.95. The molecule has 2 heterocycles. The fourth-order valence-corrected chi connectivity index (χ4v) is 5.27. The maximum absolute atomic E-state index is 6.58. The van der Waals surface area contributed by atoms with Crippen molar-refractivity contribution in [2.45, 2.75) is 63.9 Å². The minimum atomic E-state index is 0.0536. The number of ether oxygens (including phenoxy) is 1. The van der Waals surface area contributed by atoms with Crippen molar-refractivity contribution in [1.29, 1.82) is 0 Å². The van der Waals surface area contributed by atoms with E-state index >= 15 is 0 Å². The molecule has 0 radical (unpaired) electrons. The number of hydrogen-bond acceptors (Lipinski definition) is 3. The van der Waals surface area contributed by atoms with Crippen molar-refractivity contribution in [1.82, 2.24) is 0 Å². The van der Waals surface area contributed by atoms with E-state index < -0.39 is 0 Å². The molecule has 0 bridgehead atoms. The van der Waals surface area contributed by atoms with Gasteiger partial charge in [-0.05, 0) is 80.4 Å². The van der Waals surface area contributed by atoms with Crippen molar-refractivity contribution in [3.8, 4) is 5.75 Å². The largest absolute Gasteiger partial charge is 0.487 e. The first-order chi connectivity index (χ1) is 13.6. The van der Waals surface area contributed by atoms with E-state index in [9.17, 15) is 0 Å². The molecule has 0 saturated heterocycles. The number of rotatable bonds is 2. The highest BCUT2D eigenvalue weighted by atomic mass is 32.1. The van der Waals surface area contributed by atoms with Gasteiger partial charge in [0.05, 0.1) is 0 Å². The molecule has 0 atom stereocenters. The van der Waals surface area contributed by atoms with Gasteiger partial charge in [0.15, 0.2) is 4.71 Å². The topological polar surface area (TPSA) is 22.4 Å². The highest BCUT2D eigenvalue weighted by Gasteiger charge is 2.37. The Kier molecular flexibility index (Phi) is 4.51. The van der Waals surface area contributed by atoms with E-state index in [4.69, 9.17) is 21.4 Å². The summed E-state index contributed by atoms with van der Waals surface area (Å²) >= 11 is 5.63. The van der Waals surface area contributed by atoms with Gasteiger partial charge in [0.1, 0.15) is 16.9 Å². The third-order valence-electron chi connectivity index (χ3n) is 6.63. The summed E-state index contributed by atoms with van der Waals surface area (Å²) in [5, 5.41) is 1.17. The van der Waals surface area contributed by atoms with E-state index in [-0.39, 0.29) is 5.60 Å². The van der Waals surface area contributed by atoms with Gasteiger partial charge in [-0.3, -0.25) is 0 Å². The van der Waals surface area contributed by atoms with Crippen LogP contribution in [0, 0.1) is 11.6 Å². The van der Waals surface area contributed by atoms with Crippen molar-refractivity contribution < 1.29 is 9.15 Å². The molecule has 5 rings (SSSR count). The Labute approximate surface area is 171 Å². The Morgan fingerprint density at radius 2 is 1.79 bits per heavy atom. The average Bonchev–Trinajstić information content (AvgIpc) is 2.71. The summed E-state index contributed by atoms with van der Waals surface area (Å²) in [5.41, 5.74) is 5.82. The zero-order valence-electron chi connectivity index (χ0n) is 16.4. The lowest BCUT2D eigenvalue weighted by Crippen LogP contribution is -2.41. The van der Waals surface area contributed by atoms with Crippen LogP contribution in [0.4, 0.5) is 0 Å². The highest BCUT2D eigenvalue weighted by molar-refractivity contribution is 7.71. The van der Waals surface area contributed by atoms with Gasteiger partial charge < -0.3 is 9.15 Å². The van der Waals surface area contributed by atoms with E-state index in [2.05, 4.69) is 43.3 Å². The first-order valence-corrected chi connectivity index (χ1v) is 10.9. The van der Waals surface area contributed by atoms with Crippen LogP contribution in [-0.2, 0) is 12.8 Å². The minimum absolute atomic E-state index is 0.0536. The van der Waals surface area contributed by atoms with Crippen molar-refractivity contribution in [2.75, 3.05) is 0 Å². The molecule has 2 aromatic carbocycles. The third kappa shape index (κ3) is 3.16. The van der Waals surface area contributed by atoms with Gasteiger partial charge in [-0.1, -0.05) is 36.8 Å². The molecular formula is C25H26O2S. The molecule has 3 aromatic rings. The lowest BCUT2D eigenvalue weighted by Gasteiger charge is -2.41. The van der Waals surface area contributed by atoms with Crippen LogP contribution in [-0.4, -0.2) is 5.60 Å². The van der Waals surface area contributed by atoms with Crippen molar-refractivity contribution >= 4 is 23.2 Å². The van der Waals surface area contributed by atoms with Gasteiger partial charge in [0, 0.05) is 23.4 Å². The van der Waals surface area contributed by atoms with E-state index in [1.165, 1.54) is 54.2 Å². The molecule has 1 aromatic heterocycles. The number of fused-ring (bicyclic) bond motifs is 2. The molecule has 1 aliphatic heterocycles. The molecular weight excluding hydrogens is 364 g/mol. The lowest BCUT2D eigenvalue weighted by molar-refractivity contribution is 0.0109. The van der Waals surface area contributed by atoms with Crippen LogP contribution in [0.3, 0.4) is 0 Å². The molecule has 144 valence electrons. The molecule has 1 saturated carbocycles. The summed E-state index contributed by atoms with van der Waals surface area (Å²) in [7, 11) is 0. The molecule has 1 fully saturated rings. The second kappa shape index (κ2) is 7.04. The van der Waals surface area contributed by atoms with Gasteiger partial charge in [-0.2, -0.15) is 0 Å². The van der Waals surface area contributed by atoms with Gasteiger partial charge in [0.2, 0.25) is 0 Å². The summed E-state index contributed by atoms with van der Waals surface area (Å²) in [6.07, 6.45) is 9.31.